The van der Waals surface area contributed by atoms with Gasteiger partial charge in [-0.3, -0.25) is 4.40 Å². The van der Waals surface area contributed by atoms with E-state index in [4.69, 9.17) is 9.97 Å². The molecule has 0 atom stereocenters. The molecule has 0 aliphatic rings. The van der Waals surface area contributed by atoms with Crippen LogP contribution in [0.2, 0.25) is 0 Å². The fourth-order valence-corrected chi connectivity index (χ4v) is 5.51. The minimum absolute atomic E-state index is 0.229. The van der Waals surface area contributed by atoms with Crippen LogP contribution in [0.4, 0.5) is 0 Å². The Balaban J connectivity index is 1.58. The Bertz CT molecular complexity index is 1760. The molecule has 0 N–H and O–H groups in total. The van der Waals surface area contributed by atoms with Crippen LogP contribution in [0.25, 0.3) is 39.3 Å². The maximum absolute atomic E-state index is 13.2. The number of aromatic nitrogens is 3. The van der Waals surface area contributed by atoms with Gasteiger partial charge in [-0.2, -0.15) is 0 Å². The molecule has 34 heavy (non-hydrogen) atoms. The van der Waals surface area contributed by atoms with Crippen molar-refractivity contribution >= 4 is 26.6 Å². The average Bonchev–Trinajstić information content (AvgIpc) is 3.28. The summed E-state index contributed by atoms with van der Waals surface area (Å²) in [6.07, 6.45) is 0. The zero-order valence-corrected chi connectivity index (χ0v) is 18.9. The van der Waals surface area contributed by atoms with Crippen molar-refractivity contribution in [2.45, 2.75) is 9.79 Å². The third-order valence-electron chi connectivity index (χ3n) is 5.84. The first-order valence-electron chi connectivity index (χ1n) is 10.9. The number of imidazole rings is 1. The van der Waals surface area contributed by atoms with Gasteiger partial charge in [0.25, 0.3) is 0 Å². The predicted octanol–water partition coefficient (Wildman–Crippen LogP) is 6.05. The smallest absolute Gasteiger partial charge is 0.235 e. The molecule has 0 fully saturated rings. The summed E-state index contributed by atoms with van der Waals surface area (Å²) < 4.78 is 28.4. The lowest BCUT2D eigenvalue weighted by Crippen LogP contribution is -2.02. The van der Waals surface area contributed by atoms with Gasteiger partial charge < -0.3 is 0 Å². The minimum Gasteiger partial charge on any atom is -0.276 e. The highest BCUT2D eigenvalue weighted by Gasteiger charge is 2.19. The van der Waals surface area contributed by atoms with E-state index in [9.17, 15) is 8.42 Å². The van der Waals surface area contributed by atoms with Crippen molar-refractivity contribution in [2.75, 3.05) is 0 Å². The number of sulfone groups is 1. The standard InChI is InChI=1S/C28H19N3O2S/c32-34(33,22-13-5-2-6-14-22)23-15-9-12-21(18-23)25-19-27(20-10-3-1-4-11-20)31-26-17-8-7-16-24(26)29-28(31)30-25/h1-19H. The summed E-state index contributed by atoms with van der Waals surface area (Å²) in [7, 11) is -3.64. The van der Waals surface area contributed by atoms with Gasteiger partial charge in [0.05, 0.1) is 32.2 Å². The van der Waals surface area contributed by atoms with E-state index in [1.807, 2.05) is 71.1 Å². The normalized spacial score (nSPS) is 11.8. The van der Waals surface area contributed by atoms with Gasteiger partial charge in [0.1, 0.15) is 0 Å². The Hall–Kier alpha value is -4.29. The van der Waals surface area contributed by atoms with Gasteiger partial charge in [-0.15, -0.1) is 0 Å². The van der Waals surface area contributed by atoms with Crippen LogP contribution < -0.4 is 0 Å². The third-order valence-corrected chi connectivity index (χ3v) is 7.61. The highest BCUT2D eigenvalue weighted by molar-refractivity contribution is 7.91. The quantitative estimate of drug-likeness (QED) is 0.321. The van der Waals surface area contributed by atoms with Crippen LogP contribution in [0.5, 0.6) is 0 Å². The van der Waals surface area contributed by atoms with Gasteiger partial charge in [-0.1, -0.05) is 72.8 Å². The Morgan fingerprint density at radius 2 is 1.24 bits per heavy atom. The molecule has 6 aromatic rings. The molecule has 2 aromatic heterocycles. The van der Waals surface area contributed by atoms with Gasteiger partial charge in [-0.05, 0) is 48.0 Å². The van der Waals surface area contributed by atoms with Crippen molar-refractivity contribution < 1.29 is 8.42 Å². The second kappa shape index (κ2) is 7.93. The molecule has 0 saturated carbocycles. The Morgan fingerprint density at radius 1 is 0.588 bits per heavy atom. The summed E-state index contributed by atoms with van der Waals surface area (Å²) in [5.74, 6) is 0.564. The van der Waals surface area contributed by atoms with Crippen molar-refractivity contribution in [2.24, 2.45) is 0 Å². The van der Waals surface area contributed by atoms with E-state index < -0.39 is 9.84 Å². The van der Waals surface area contributed by atoms with Crippen molar-refractivity contribution in [3.05, 3.63) is 115 Å². The van der Waals surface area contributed by atoms with E-state index >= 15 is 0 Å². The molecule has 0 bridgehead atoms. The molecule has 0 spiro atoms. The molecule has 164 valence electrons. The van der Waals surface area contributed by atoms with Crippen LogP contribution in [0.1, 0.15) is 0 Å². The van der Waals surface area contributed by atoms with Crippen molar-refractivity contribution in [3.8, 4) is 22.5 Å². The topological polar surface area (TPSA) is 64.3 Å². The van der Waals surface area contributed by atoms with E-state index in [1.54, 1.807) is 48.5 Å². The molecule has 0 radical (unpaired) electrons. The number of fused-ring (bicyclic) bond motifs is 3. The molecule has 0 saturated heterocycles. The maximum Gasteiger partial charge on any atom is 0.235 e. The van der Waals surface area contributed by atoms with Crippen LogP contribution >= 0.6 is 0 Å². The largest absolute Gasteiger partial charge is 0.276 e. The number of benzene rings is 4. The Labute approximate surface area is 196 Å². The molecule has 0 amide bonds. The highest BCUT2D eigenvalue weighted by Crippen LogP contribution is 2.31. The number of nitrogens with zero attached hydrogens (tertiary/aromatic N) is 3. The fourth-order valence-electron chi connectivity index (χ4n) is 4.19. The zero-order valence-electron chi connectivity index (χ0n) is 18.0. The van der Waals surface area contributed by atoms with Crippen molar-refractivity contribution in [1.29, 1.82) is 0 Å². The van der Waals surface area contributed by atoms with E-state index in [2.05, 4.69) is 0 Å². The predicted molar refractivity (Wildman–Crippen MR) is 133 cm³/mol. The van der Waals surface area contributed by atoms with Crippen LogP contribution in [0.3, 0.4) is 0 Å². The number of hydrogen-bond donors (Lipinski definition) is 0. The van der Waals surface area contributed by atoms with Gasteiger partial charge in [-0.25, -0.2) is 18.4 Å². The monoisotopic (exact) mass is 461 g/mol. The summed E-state index contributed by atoms with van der Waals surface area (Å²) in [5.41, 5.74) is 5.15. The third kappa shape index (κ3) is 3.36. The maximum atomic E-state index is 13.2. The van der Waals surface area contributed by atoms with E-state index in [-0.39, 0.29) is 9.79 Å². The molecular weight excluding hydrogens is 442 g/mol. The molecule has 4 aromatic carbocycles. The number of hydrogen-bond acceptors (Lipinski definition) is 4. The molecule has 0 aliphatic carbocycles. The fraction of sp³-hybridized carbons (Fsp3) is 0. The van der Waals surface area contributed by atoms with Crippen molar-refractivity contribution in [3.63, 3.8) is 0 Å². The number of rotatable bonds is 4. The van der Waals surface area contributed by atoms with Crippen molar-refractivity contribution in [1.82, 2.24) is 14.4 Å². The second-order valence-corrected chi connectivity index (χ2v) is 9.92. The molecular formula is C28H19N3O2S. The first-order chi connectivity index (χ1) is 16.6. The van der Waals surface area contributed by atoms with E-state index in [0.29, 0.717) is 17.0 Å². The zero-order chi connectivity index (χ0) is 23.1. The highest BCUT2D eigenvalue weighted by atomic mass is 32.2. The van der Waals surface area contributed by atoms with Crippen LogP contribution in [-0.2, 0) is 9.84 Å². The number of para-hydroxylation sites is 2. The average molecular weight is 462 g/mol. The van der Waals surface area contributed by atoms with E-state index in [1.165, 1.54) is 0 Å². The molecule has 6 rings (SSSR count). The van der Waals surface area contributed by atoms with Crippen LogP contribution in [0.15, 0.2) is 125 Å². The van der Waals surface area contributed by atoms with Crippen LogP contribution in [0, 0.1) is 0 Å². The summed E-state index contributed by atoms with van der Waals surface area (Å²) in [6.45, 7) is 0. The van der Waals surface area contributed by atoms with Gasteiger partial charge >= 0.3 is 0 Å². The van der Waals surface area contributed by atoms with E-state index in [0.717, 1.165) is 22.3 Å². The van der Waals surface area contributed by atoms with Gasteiger partial charge in [0.2, 0.25) is 15.6 Å². The SMILES string of the molecule is O=S(=O)(c1ccccc1)c1cccc(-c2cc(-c3ccccc3)n3c(n2)nc2ccccc23)c1. The lowest BCUT2D eigenvalue weighted by atomic mass is 10.1. The molecule has 6 heteroatoms. The summed E-state index contributed by atoms with van der Waals surface area (Å²) in [5, 5.41) is 0. The van der Waals surface area contributed by atoms with Gasteiger partial charge in [0.15, 0.2) is 0 Å². The molecule has 5 nitrogen and oxygen atoms in total. The lowest BCUT2D eigenvalue weighted by Gasteiger charge is -2.11. The Morgan fingerprint density at radius 3 is 2.03 bits per heavy atom. The minimum atomic E-state index is -3.64. The second-order valence-electron chi connectivity index (χ2n) is 7.97. The molecule has 0 aliphatic heterocycles. The van der Waals surface area contributed by atoms with Gasteiger partial charge in [0, 0.05) is 5.56 Å². The molecule has 0 unspecified atom stereocenters. The lowest BCUT2D eigenvalue weighted by molar-refractivity contribution is 0.596. The Kier molecular flexibility index (Phi) is 4.74. The first-order valence-corrected chi connectivity index (χ1v) is 12.3. The summed E-state index contributed by atoms with van der Waals surface area (Å²) in [4.78, 5) is 10.1. The first kappa shape index (κ1) is 20.3. The summed E-state index contributed by atoms with van der Waals surface area (Å²) in [6, 6.07) is 35.4. The van der Waals surface area contributed by atoms with Crippen LogP contribution in [-0.4, -0.2) is 22.8 Å². The summed E-state index contributed by atoms with van der Waals surface area (Å²) >= 11 is 0. The molecule has 2 heterocycles.